The number of para-hydroxylation sites is 3. The number of hydrogen-bond donors (Lipinski definition) is 0. The molecule has 0 atom stereocenters. The Hall–Kier alpha value is -8.14. The van der Waals surface area contributed by atoms with Gasteiger partial charge >= 0.3 is 0 Å². The zero-order chi connectivity index (χ0) is 40.3. The predicted octanol–water partition coefficient (Wildman–Crippen LogP) is 16.3. The largest absolute Gasteiger partial charge is 0.456 e. The summed E-state index contributed by atoms with van der Waals surface area (Å²) in [5.74, 6) is 0. The molecule has 61 heavy (non-hydrogen) atoms. The van der Waals surface area contributed by atoms with Gasteiger partial charge in [0.05, 0.1) is 22.1 Å². The Labute approximate surface area is 353 Å². The highest BCUT2D eigenvalue weighted by atomic mass is 16.3. The molecule has 2 heterocycles. The Morgan fingerprint density at radius 3 is 1.59 bits per heavy atom. The average molecular weight is 779 g/mol. The van der Waals surface area contributed by atoms with Gasteiger partial charge in [-0.25, -0.2) is 0 Å². The van der Waals surface area contributed by atoms with Crippen molar-refractivity contribution >= 4 is 71.6 Å². The Kier molecular flexibility index (Phi) is 8.17. The first-order valence-electron chi connectivity index (χ1n) is 20.8. The lowest BCUT2D eigenvalue weighted by Gasteiger charge is -2.27. The van der Waals surface area contributed by atoms with E-state index in [1.807, 2.05) is 0 Å². The maximum absolute atomic E-state index is 6.78. The van der Waals surface area contributed by atoms with E-state index in [-0.39, 0.29) is 0 Å². The molecule has 12 aromatic rings. The summed E-state index contributed by atoms with van der Waals surface area (Å²) < 4.78 is 9.20. The van der Waals surface area contributed by atoms with E-state index in [4.69, 9.17) is 4.42 Å². The molecule has 3 heteroatoms. The highest BCUT2D eigenvalue weighted by Gasteiger charge is 2.22. The van der Waals surface area contributed by atoms with Crippen molar-refractivity contribution < 1.29 is 4.42 Å². The van der Waals surface area contributed by atoms with Crippen LogP contribution in [0, 0.1) is 0 Å². The molecule has 0 bridgehead atoms. The van der Waals surface area contributed by atoms with Gasteiger partial charge in [-0.1, -0.05) is 164 Å². The minimum absolute atomic E-state index is 0.850. The van der Waals surface area contributed by atoms with Gasteiger partial charge in [0.1, 0.15) is 11.2 Å². The van der Waals surface area contributed by atoms with E-state index < -0.39 is 0 Å². The van der Waals surface area contributed by atoms with Gasteiger partial charge in [-0.05, 0) is 105 Å². The van der Waals surface area contributed by atoms with Crippen LogP contribution in [0.1, 0.15) is 0 Å². The van der Waals surface area contributed by atoms with Gasteiger partial charge in [0.2, 0.25) is 0 Å². The monoisotopic (exact) mass is 778 g/mol. The number of hydrogen-bond acceptors (Lipinski definition) is 2. The smallest absolute Gasteiger partial charge is 0.137 e. The zero-order valence-electron chi connectivity index (χ0n) is 33.2. The molecule has 0 spiro atoms. The molecule has 0 aliphatic rings. The molecule has 0 radical (unpaired) electrons. The summed E-state index contributed by atoms with van der Waals surface area (Å²) in [6, 6.07) is 82.8. The summed E-state index contributed by atoms with van der Waals surface area (Å²) in [5, 5.41) is 6.97. The van der Waals surface area contributed by atoms with E-state index in [0.717, 1.165) is 61.0 Å². The summed E-state index contributed by atoms with van der Waals surface area (Å²) >= 11 is 0. The van der Waals surface area contributed by atoms with Crippen LogP contribution in [0.25, 0.3) is 93.6 Å². The number of furan rings is 1. The molecule has 286 valence electrons. The number of nitrogens with zero attached hydrogens (tertiary/aromatic N) is 2. The lowest BCUT2D eigenvalue weighted by molar-refractivity contribution is 0.669. The van der Waals surface area contributed by atoms with Crippen LogP contribution in [0.15, 0.2) is 235 Å². The van der Waals surface area contributed by atoms with Crippen LogP contribution in [-0.2, 0) is 0 Å². The predicted molar refractivity (Wildman–Crippen MR) is 257 cm³/mol. The van der Waals surface area contributed by atoms with Crippen LogP contribution in [0.3, 0.4) is 0 Å². The molecule has 10 aromatic carbocycles. The van der Waals surface area contributed by atoms with Crippen molar-refractivity contribution in [2.75, 3.05) is 4.90 Å². The van der Waals surface area contributed by atoms with Gasteiger partial charge in [-0.15, -0.1) is 0 Å². The van der Waals surface area contributed by atoms with Gasteiger partial charge in [0.25, 0.3) is 0 Å². The lowest BCUT2D eigenvalue weighted by Crippen LogP contribution is -2.10. The van der Waals surface area contributed by atoms with Crippen LogP contribution in [0.4, 0.5) is 17.1 Å². The summed E-state index contributed by atoms with van der Waals surface area (Å²) in [6.07, 6.45) is 0. The van der Waals surface area contributed by atoms with Crippen molar-refractivity contribution in [2.24, 2.45) is 0 Å². The summed E-state index contributed by atoms with van der Waals surface area (Å²) in [5.41, 5.74) is 15.5. The molecule has 0 fully saturated rings. The van der Waals surface area contributed by atoms with E-state index in [1.54, 1.807) is 0 Å². The van der Waals surface area contributed by atoms with Crippen molar-refractivity contribution in [3.05, 3.63) is 231 Å². The van der Waals surface area contributed by atoms with Crippen molar-refractivity contribution in [1.82, 2.24) is 4.57 Å². The van der Waals surface area contributed by atoms with Crippen LogP contribution in [0.2, 0.25) is 0 Å². The second-order valence-corrected chi connectivity index (χ2v) is 15.7. The van der Waals surface area contributed by atoms with Crippen molar-refractivity contribution in [3.63, 3.8) is 0 Å². The fourth-order valence-electron chi connectivity index (χ4n) is 9.36. The molecular formula is C58H38N2O. The highest BCUT2D eigenvalue weighted by Crippen LogP contribution is 2.46. The molecule has 3 nitrogen and oxygen atoms in total. The normalized spacial score (nSPS) is 11.6. The van der Waals surface area contributed by atoms with Gasteiger partial charge in [-0.3, -0.25) is 0 Å². The van der Waals surface area contributed by atoms with Crippen LogP contribution >= 0.6 is 0 Å². The van der Waals surface area contributed by atoms with Crippen LogP contribution in [-0.4, -0.2) is 4.57 Å². The third-order valence-corrected chi connectivity index (χ3v) is 12.2. The van der Waals surface area contributed by atoms with Crippen LogP contribution < -0.4 is 4.90 Å². The minimum Gasteiger partial charge on any atom is -0.456 e. The summed E-state index contributed by atoms with van der Waals surface area (Å²) in [7, 11) is 0. The average Bonchev–Trinajstić information content (AvgIpc) is 3.90. The molecule has 0 aliphatic carbocycles. The van der Waals surface area contributed by atoms with E-state index in [9.17, 15) is 0 Å². The Morgan fingerprint density at radius 2 is 0.902 bits per heavy atom. The highest BCUT2D eigenvalue weighted by molar-refractivity contribution is 6.24. The van der Waals surface area contributed by atoms with Crippen molar-refractivity contribution in [1.29, 1.82) is 0 Å². The standard InChI is InChI=1S/C58H38N2O/c1-4-14-39(15-5-1)41-28-33-46(34-29-41)59(47-35-30-42(31-36-47)40-16-6-2-7-17-40)53-24-13-25-54-57(53)56-51-38-44(27-26-43(51)32-37-55(56)61-54)48-21-12-22-50-49-20-10-11-23-52(49)60(58(48)50)45-18-8-3-9-19-45/h1-38H. The topological polar surface area (TPSA) is 21.3 Å². The second-order valence-electron chi connectivity index (χ2n) is 15.7. The molecule has 0 unspecified atom stereocenters. The number of benzene rings is 10. The fraction of sp³-hybridized carbons (Fsp3) is 0. The summed E-state index contributed by atoms with van der Waals surface area (Å²) in [4.78, 5) is 2.38. The Bertz CT molecular complexity index is 3470. The van der Waals surface area contributed by atoms with E-state index in [1.165, 1.54) is 49.6 Å². The van der Waals surface area contributed by atoms with Gasteiger partial charge in [0, 0.05) is 38.8 Å². The zero-order valence-corrected chi connectivity index (χ0v) is 33.2. The van der Waals surface area contributed by atoms with Gasteiger partial charge in [-0.2, -0.15) is 0 Å². The number of fused-ring (bicyclic) bond motifs is 8. The molecule has 0 saturated heterocycles. The van der Waals surface area contributed by atoms with Crippen LogP contribution in [0.5, 0.6) is 0 Å². The lowest BCUT2D eigenvalue weighted by atomic mass is 9.96. The molecule has 0 aliphatic heterocycles. The first kappa shape index (κ1) is 34.9. The van der Waals surface area contributed by atoms with Gasteiger partial charge in [0.15, 0.2) is 0 Å². The van der Waals surface area contributed by atoms with Crippen molar-refractivity contribution in [2.45, 2.75) is 0 Å². The molecule has 0 saturated carbocycles. The van der Waals surface area contributed by atoms with Gasteiger partial charge < -0.3 is 13.9 Å². The number of rotatable bonds is 7. The first-order valence-corrected chi connectivity index (χ1v) is 20.8. The maximum Gasteiger partial charge on any atom is 0.137 e. The first-order chi connectivity index (χ1) is 30.3. The SMILES string of the molecule is c1ccc(-c2ccc(N(c3ccc(-c4ccccc4)cc3)c3cccc4oc5ccc6ccc(-c7cccc8c9ccccc9n(-c9ccccc9)c78)cc6c5c34)cc2)cc1. The molecule has 0 N–H and O–H groups in total. The minimum atomic E-state index is 0.850. The number of anilines is 3. The Morgan fingerprint density at radius 1 is 0.361 bits per heavy atom. The molecular weight excluding hydrogens is 741 g/mol. The number of aromatic nitrogens is 1. The quantitative estimate of drug-likeness (QED) is 0.161. The molecule has 0 amide bonds. The fourth-order valence-corrected chi connectivity index (χ4v) is 9.36. The van der Waals surface area contributed by atoms with Crippen molar-refractivity contribution in [3.8, 4) is 39.1 Å². The molecule has 12 rings (SSSR count). The maximum atomic E-state index is 6.78. The Balaban J connectivity index is 1.09. The van der Waals surface area contributed by atoms with E-state index in [2.05, 4.69) is 240 Å². The summed E-state index contributed by atoms with van der Waals surface area (Å²) in [6.45, 7) is 0. The third-order valence-electron chi connectivity index (χ3n) is 12.2. The second kappa shape index (κ2) is 14.3. The third kappa shape index (κ3) is 5.82. The van der Waals surface area contributed by atoms with E-state index >= 15 is 0 Å². The molecule has 2 aromatic heterocycles. The van der Waals surface area contributed by atoms with E-state index in [0.29, 0.717) is 0 Å².